The zero-order valence-corrected chi connectivity index (χ0v) is 19.7. The summed E-state index contributed by atoms with van der Waals surface area (Å²) in [6.07, 6.45) is 1.09. The highest BCUT2D eigenvalue weighted by molar-refractivity contribution is 7.89. The fraction of sp³-hybridized carbons (Fsp3) is 0.391. The van der Waals surface area contributed by atoms with Crippen molar-refractivity contribution in [3.8, 4) is 0 Å². The first-order valence-corrected chi connectivity index (χ1v) is 12.4. The second-order valence-corrected chi connectivity index (χ2v) is 10.7. The first-order chi connectivity index (χ1) is 15.2. The minimum Gasteiger partial charge on any atom is -0.351 e. The van der Waals surface area contributed by atoms with Gasteiger partial charge < -0.3 is 10.6 Å². The van der Waals surface area contributed by atoms with Crippen LogP contribution in [0.2, 0.25) is 5.02 Å². The third kappa shape index (κ3) is 6.09. The van der Waals surface area contributed by atoms with E-state index >= 15 is 0 Å². The van der Waals surface area contributed by atoms with E-state index < -0.39 is 10.0 Å². The predicted octanol–water partition coefficient (Wildman–Crippen LogP) is 3.77. The fourth-order valence-electron chi connectivity index (χ4n) is 3.91. The number of carbonyl (C=O) groups is 2. The number of hydrogen-bond donors (Lipinski definition) is 2. The van der Waals surface area contributed by atoms with E-state index in [1.54, 1.807) is 40.7 Å². The van der Waals surface area contributed by atoms with Crippen LogP contribution in [0.4, 0.5) is 5.69 Å². The Bertz CT molecular complexity index is 1060. The number of nitrogens with zero attached hydrogens (tertiary/aromatic N) is 1. The van der Waals surface area contributed by atoms with E-state index in [1.807, 2.05) is 0 Å². The Kier molecular flexibility index (Phi) is 7.92. The first kappa shape index (κ1) is 24.2. The molecule has 2 aromatic carbocycles. The Hall–Kier alpha value is -2.42. The summed E-state index contributed by atoms with van der Waals surface area (Å²) in [6, 6.07) is 12.8. The van der Waals surface area contributed by atoms with Gasteiger partial charge in [0, 0.05) is 31.7 Å². The van der Waals surface area contributed by atoms with Gasteiger partial charge in [-0.15, -0.1) is 0 Å². The Morgan fingerprint density at radius 2 is 1.66 bits per heavy atom. The summed E-state index contributed by atoms with van der Waals surface area (Å²) >= 11 is 5.99. The van der Waals surface area contributed by atoms with Gasteiger partial charge in [-0.25, -0.2) is 8.42 Å². The largest absolute Gasteiger partial charge is 0.351 e. The number of hydrogen-bond acceptors (Lipinski definition) is 4. The van der Waals surface area contributed by atoms with Crippen LogP contribution in [0.3, 0.4) is 0 Å². The maximum Gasteiger partial charge on any atom is 0.252 e. The molecule has 1 saturated heterocycles. The smallest absolute Gasteiger partial charge is 0.252 e. The van der Waals surface area contributed by atoms with Crippen LogP contribution >= 0.6 is 11.6 Å². The number of nitrogens with one attached hydrogen (secondary N) is 2. The normalized spacial score (nSPS) is 19.3. The van der Waals surface area contributed by atoms with Gasteiger partial charge >= 0.3 is 0 Å². The summed E-state index contributed by atoms with van der Waals surface area (Å²) in [4.78, 5) is 24.5. The first-order valence-electron chi connectivity index (χ1n) is 10.6. The summed E-state index contributed by atoms with van der Waals surface area (Å²) in [5.74, 6) is 0.00837. The monoisotopic (exact) mass is 477 g/mol. The van der Waals surface area contributed by atoms with Crippen molar-refractivity contribution in [2.45, 2.75) is 31.6 Å². The molecule has 0 aliphatic carbocycles. The summed E-state index contributed by atoms with van der Waals surface area (Å²) in [5.41, 5.74) is 0.843. The van der Waals surface area contributed by atoms with Gasteiger partial charge in [0.2, 0.25) is 15.9 Å². The molecule has 1 fully saturated rings. The Labute approximate surface area is 194 Å². The molecule has 2 atom stereocenters. The molecule has 3 rings (SSSR count). The summed E-state index contributed by atoms with van der Waals surface area (Å²) in [5, 5.41) is 5.72. The van der Waals surface area contributed by atoms with Crippen LogP contribution in [0.5, 0.6) is 0 Å². The number of halogens is 1. The number of anilines is 1. The summed E-state index contributed by atoms with van der Waals surface area (Å²) < 4.78 is 27.4. The van der Waals surface area contributed by atoms with Crippen molar-refractivity contribution in [2.24, 2.45) is 11.8 Å². The van der Waals surface area contributed by atoms with E-state index in [4.69, 9.17) is 11.6 Å². The Balaban J connectivity index is 1.52. The lowest BCUT2D eigenvalue weighted by Gasteiger charge is -2.34. The van der Waals surface area contributed by atoms with E-state index in [2.05, 4.69) is 24.5 Å². The van der Waals surface area contributed by atoms with Crippen LogP contribution < -0.4 is 10.6 Å². The van der Waals surface area contributed by atoms with Gasteiger partial charge in [-0.1, -0.05) is 37.6 Å². The van der Waals surface area contributed by atoms with Gasteiger partial charge in [0.1, 0.15) is 0 Å². The van der Waals surface area contributed by atoms with Crippen LogP contribution in [0.15, 0.2) is 53.4 Å². The molecule has 2 N–H and O–H groups in total. The molecule has 1 aliphatic rings. The number of piperidine rings is 1. The number of rotatable bonds is 7. The van der Waals surface area contributed by atoms with E-state index in [1.165, 1.54) is 12.1 Å². The highest BCUT2D eigenvalue weighted by atomic mass is 35.5. The van der Waals surface area contributed by atoms with E-state index in [0.29, 0.717) is 41.2 Å². The van der Waals surface area contributed by atoms with Crippen molar-refractivity contribution >= 4 is 39.1 Å². The van der Waals surface area contributed by atoms with Crippen molar-refractivity contribution in [1.82, 2.24) is 9.62 Å². The second-order valence-electron chi connectivity index (χ2n) is 8.33. The van der Waals surface area contributed by atoms with E-state index in [0.717, 1.165) is 6.42 Å². The van der Waals surface area contributed by atoms with E-state index in [9.17, 15) is 18.0 Å². The molecule has 0 radical (unpaired) electrons. The average Bonchev–Trinajstić information content (AvgIpc) is 2.73. The standard InChI is InChI=1S/C23H28ClN3O4S/c1-16-13-17(2)15-27(14-16)32(30,31)19-9-7-18(8-10-19)26-22(28)11-12-25-23(29)20-5-3-4-6-21(20)24/h3-10,16-17H,11-15H2,1-2H3,(H,25,29)(H,26,28). The topological polar surface area (TPSA) is 95.6 Å². The molecule has 32 heavy (non-hydrogen) atoms. The molecule has 7 nitrogen and oxygen atoms in total. The lowest BCUT2D eigenvalue weighted by molar-refractivity contribution is -0.116. The fourth-order valence-corrected chi connectivity index (χ4v) is 5.82. The Morgan fingerprint density at radius 3 is 2.28 bits per heavy atom. The van der Waals surface area contributed by atoms with Crippen LogP contribution in [-0.2, 0) is 14.8 Å². The minimum atomic E-state index is -3.56. The molecule has 9 heteroatoms. The average molecular weight is 478 g/mol. The minimum absolute atomic E-state index is 0.0692. The molecule has 0 saturated carbocycles. The van der Waals surface area contributed by atoms with Gasteiger partial charge in [-0.2, -0.15) is 4.31 Å². The van der Waals surface area contributed by atoms with Crippen molar-refractivity contribution < 1.29 is 18.0 Å². The zero-order chi connectivity index (χ0) is 23.3. The highest BCUT2D eigenvalue weighted by Crippen LogP contribution is 2.27. The van der Waals surface area contributed by atoms with Crippen molar-refractivity contribution in [1.29, 1.82) is 0 Å². The SMILES string of the molecule is CC1CC(C)CN(S(=O)(=O)c2ccc(NC(=O)CCNC(=O)c3ccccc3Cl)cc2)C1. The molecule has 0 spiro atoms. The zero-order valence-electron chi connectivity index (χ0n) is 18.2. The predicted molar refractivity (Wildman–Crippen MR) is 125 cm³/mol. The molecule has 2 amide bonds. The van der Waals surface area contributed by atoms with Gasteiger partial charge in [0.25, 0.3) is 5.91 Å². The molecular weight excluding hydrogens is 450 g/mol. The molecule has 1 heterocycles. The summed E-state index contributed by atoms with van der Waals surface area (Å²) in [7, 11) is -3.56. The third-order valence-electron chi connectivity index (χ3n) is 5.37. The van der Waals surface area contributed by atoms with Crippen LogP contribution in [0.1, 0.15) is 37.0 Å². The van der Waals surface area contributed by atoms with Crippen LogP contribution in [0.25, 0.3) is 0 Å². The molecular formula is C23H28ClN3O4S. The van der Waals surface area contributed by atoms with Crippen LogP contribution in [-0.4, -0.2) is 44.2 Å². The third-order valence-corrected chi connectivity index (χ3v) is 7.54. The maximum atomic E-state index is 12.9. The molecule has 2 unspecified atom stereocenters. The van der Waals surface area contributed by atoms with Crippen molar-refractivity contribution in [2.75, 3.05) is 25.0 Å². The van der Waals surface area contributed by atoms with E-state index in [-0.39, 0.29) is 29.7 Å². The van der Waals surface area contributed by atoms with Gasteiger partial charge in [-0.05, 0) is 54.7 Å². The van der Waals surface area contributed by atoms with Gasteiger partial charge in [-0.3, -0.25) is 9.59 Å². The van der Waals surface area contributed by atoms with Gasteiger partial charge in [0.05, 0.1) is 15.5 Å². The maximum absolute atomic E-state index is 12.9. The highest BCUT2D eigenvalue weighted by Gasteiger charge is 2.31. The number of benzene rings is 2. The van der Waals surface area contributed by atoms with Crippen molar-refractivity contribution in [3.05, 3.63) is 59.1 Å². The number of amides is 2. The number of carbonyl (C=O) groups excluding carboxylic acids is 2. The summed E-state index contributed by atoms with van der Waals surface area (Å²) in [6.45, 7) is 5.31. The van der Waals surface area contributed by atoms with Gasteiger partial charge in [0.15, 0.2) is 0 Å². The Morgan fingerprint density at radius 1 is 1.03 bits per heavy atom. The molecule has 0 aromatic heterocycles. The quantitative estimate of drug-likeness (QED) is 0.634. The molecule has 0 bridgehead atoms. The van der Waals surface area contributed by atoms with Crippen LogP contribution in [0, 0.1) is 11.8 Å². The lowest BCUT2D eigenvalue weighted by Crippen LogP contribution is -2.42. The molecule has 2 aromatic rings. The number of sulfonamides is 1. The second kappa shape index (κ2) is 10.5. The lowest BCUT2D eigenvalue weighted by atomic mass is 9.94. The molecule has 172 valence electrons. The van der Waals surface area contributed by atoms with Crippen molar-refractivity contribution in [3.63, 3.8) is 0 Å². The molecule has 1 aliphatic heterocycles.